The summed E-state index contributed by atoms with van der Waals surface area (Å²) < 4.78 is 87.6. The smallest absolute Gasteiger partial charge is 0.339 e. The molecule has 0 unspecified atom stereocenters. The van der Waals surface area contributed by atoms with E-state index < -0.39 is 16.1 Å². The Labute approximate surface area is 422 Å². The number of fused-ring (bicyclic) bond motifs is 6. The fraction of sp³-hybridized carbons (Fsp3) is 0.382. The van der Waals surface area contributed by atoms with E-state index in [9.17, 15) is 23.1 Å². The van der Waals surface area contributed by atoms with E-state index in [0.717, 1.165) is 90.6 Å². The van der Waals surface area contributed by atoms with Crippen molar-refractivity contribution in [2.24, 2.45) is 0 Å². The zero-order chi connectivity index (χ0) is 51.0. The van der Waals surface area contributed by atoms with E-state index in [0.29, 0.717) is 84.8 Å². The highest BCUT2D eigenvalue weighted by molar-refractivity contribution is 7.86. The second-order valence-electron chi connectivity index (χ2n) is 18.4. The quantitative estimate of drug-likeness (QED) is 0.100. The van der Waals surface area contributed by atoms with Crippen LogP contribution in [0.4, 0.5) is 0 Å². The zero-order valence-electron chi connectivity index (χ0n) is 41.2. The predicted molar refractivity (Wildman–Crippen MR) is 267 cm³/mol. The molecule has 0 radical (unpaired) electrons. The van der Waals surface area contributed by atoms with Crippen molar-refractivity contribution in [3.63, 3.8) is 0 Å². The molecule has 18 heteroatoms. The first-order chi connectivity index (χ1) is 35.4. The van der Waals surface area contributed by atoms with Gasteiger partial charge < -0.3 is 57.2 Å². The highest BCUT2D eigenvalue weighted by atomic mass is 32.2. The topological polar surface area (TPSA) is 199 Å². The summed E-state index contributed by atoms with van der Waals surface area (Å²) >= 11 is 0. The third kappa shape index (κ3) is 9.72. The van der Waals surface area contributed by atoms with Crippen molar-refractivity contribution in [1.82, 2.24) is 0 Å². The van der Waals surface area contributed by atoms with E-state index in [4.69, 9.17) is 56.3 Å². The average molecular weight is 1020 g/mol. The van der Waals surface area contributed by atoms with Gasteiger partial charge in [-0.05, 0) is 109 Å². The number of hydrogen-bond donors (Lipinski definition) is 1. The number of cyclic esters (lactones) is 2. The van der Waals surface area contributed by atoms with Crippen LogP contribution < -0.4 is 42.6 Å². The number of phenolic OH excluding ortho intramolecular Hbond substituents is 1. The average Bonchev–Trinajstić information content (AvgIpc) is 4.24. The van der Waals surface area contributed by atoms with Gasteiger partial charge in [0, 0.05) is 33.0 Å². The summed E-state index contributed by atoms with van der Waals surface area (Å²) in [5.74, 6) is 4.59. The summed E-state index contributed by atoms with van der Waals surface area (Å²) in [7, 11) is 3.05. The molecule has 0 saturated heterocycles. The number of phenols is 1. The van der Waals surface area contributed by atoms with Gasteiger partial charge in [0.1, 0.15) is 24.7 Å². The number of carbonyl (C=O) groups is 2. The van der Waals surface area contributed by atoms with Gasteiger partial charge in [0.05, 0.1) is 58.0 Å². The number of benzene rings is 6. The first-order valence-corrected chi connectivity index (χ1v) is 26.1. The first-order valence-electron chi connectivity index (χ1n) is 24.2. The van der Waals surface area contributed by atoms with Crippen molar-refractivity contribution < 1.29 is 79.4 Å². The van der Waals surface area contributed by atoms with Crippen LogP contribution in [0.2, 0.25) is 0 Å². The van der Waals surface area contributed by atoms with E-state index in [-0.39, 0.29) is 50.7 Å². The van der Waals surface area contributed by atoms with Crippen LogP contribution in [0, 0.1) is 0 Å². The zero-order valence-corrected chi connectivity index (χ0v) is 42.0. The third-order valence-corrected chi connectivity index (χ3v) is 14.5. The Kier molecular flexibility index (Phi) is 13.9. The normalized spacial score (nSPS) is 16.6. The van der Waals surface area contributed by atoms with Gasteiger partial charge in [-0.1, -0.05) is 37.8 Å². The van der Waals surface area contributed by atoms with E-state index in [1.165, 1.54) is 27.1 Å². The number of ether oxygens (including phenoxy) is 11. The standard InChI is InChI=1S/C27H26O7.C21H16O7.C7H14O3S/c1-29-21-11-17-18(12-22(21)30-2)26(34-16-6-4-3-5-7-16)19-13-31-27(28)25(19)24(17)15-8-9-20-23(10-15)33-14-32-20;1-24-15-6-11-12(7-16(15)25-2)20(22)13-8-26-21(23)19(13)18(11)10-3-4-14-17(5-10)28-9-27-14;1-11(8,9)10-7-5-3-2-4-6-7/h8-12,16H,3-7,13-14H2,1-2H3;3-7,22H,8-9H2,1-2H3;7H,2-6H2,1H3. The summed E-state index contributed by atoms with van der Waals surface area (Å²) in [5.41, 5.74) is 5.10. The number of rotatable bonds is 10. The molecule has 2 fully saturated rings. The lowest BCUT2D eigenvalue weighted by Gasteiger charge is -2.26. The van der Waals surface area contributed by atoms with Gasteiger partial charge in [-0.3, -0.25) is 4.18 Å². The molecule has 0 bridgehead atoms. The maximum Gasteiger partial charge on any atom is 0.339 e. The second-order valence-corrected chi connectivity index (χ2v) is 20.0. The van der Waals surface area contributed by atoms with Gasteiger partial charge in [-0.15, -0.1) is 0 Å². The largest absolute Gasteiger partial charge is 0.507 e. The molecule has 384 valence electrons. The molecule has 4 heterocycles. The van der Waals surface area contributed by atoms with Crippen molar-refractivity contribution in [3.05, 3.63) is 82.9 Å². The molecule has 12 rings (SSSR count). The van der Waals surface area contributed by atoms with Crippen molar-refractivity contribution in [3.8, 4) is 79.7 Å². The molecule has 0 atom stereocenters. The Morgan fingerprint density at radius 1 is 0.493 bits per heavy atom. The Bertz CT molecular complexity index is 3250. The molecule has 0 spiro atoms. The summed E-state index contributed by atoms with van der Waals surface area (Å²) in [4.78, 5) is 25.6. The molecule has 4 aliphatic heterocycles. The van der Waals surface area contributed by atoms with Gasteiger partial charge >= 0.3 is 11.9 Å². The molecule has 73 heavy (non-hydrogen) atoms. The summed E-state index contributed by atoms with van der Waals surface area (Å²) in [6.45, 7) is 0.527. The fourth-order valence-electron chi connectivity index (χ4n) is 10.4. The lowest BCUT2D eigenvalue weighted by molar-refractivity contribution is 0.0525. The monoisotopic (exact) mass is 1020 g/mol. The van der Waals surface area contributed by atoms with Crippen LogP contribution in [-0.4, -0.2) is 86.0 Å². The minimum absolute atomic E-state index is 0.00120. The van der Waals surface area contributed by atoms with Crippen LogP contribution in [0.5, 0.6) is 57.5 Å². The molecule has 6 aromatic rings. The van der Waals surface area contributed by atoms with E-state index in [1.807, 2.05) is 42.5 Å². The van der Waals surface area contributed by atoms with Crippen LogP contribution >= 0.6 is 0 Å². The number of hydrogen-bond acceptors (Lipinski definition) is 17. The Hall–Kier alpha value is -7.31. The van der Waals surface area contributed by atoms with E-state index in [2.05, 4.69) is 0 Å². The predicted octanol–water partition coefficient (Wildman–Crippen LogP) is 10.6. The highest BCUT2D eigenvalue weighted by Gasteiger charge is 2.36. The van der Waals surface area contributed by atoms with Gasteiger partial charge in [-0.2, -0.15) is 8.42 Å². The molecule has 2 saturated carbocycles. The van der Waals surface area contributed by atoms with Crippen molar-refractivity contribution in [1.29, 1.82) is 0 Å². The lowest BCUT2D eigenvalue weighted by Crippen LogP contribution is -2.20. The van der Waals surface area contributed by atoms with E-state index >= 15 is 0 Å². The molecule has 17 nitrogen and oxygen atoms in total. The van der Waals surface area contributed by atoms with Crippen LogP contribution in [-0.2, 0) is 37.0 Å². The molecular formula is C55H56O17S. The minimum atomic E-state index is -3.22. The molecule has 0 amide bonds. The van der Waals surface area contributed by atoms with Crippen LogP contribution in [0.1, 0.15) is 96.1 Å². The molecule has 0 aromatic heterocycles. The number of carbonyl (C=O) groups excluding carboxylic acids is 2. The van der Waals surface area contributed by atoms with Crippen molar-refractivity contribution in [2.45, 2.75) is 89.6 Å². The molecular weight excluding hydrogens is 965 g/mol. The van der Waals surface area contributed by atoms with Crippen LogP contribution in [0.15, 0.2) is 60.7 Å². The van der Waals surface area contributed by atoms with Crippen molar-refractivity contribution >= 4 is 43.6 Å². The SMILES string of the molecule is COc1cc2c(O)c3c(c(-c4ccc5c(c4)OCO5)c2cc1OC)C(=O)OC3.COc1cc2c(OC3CCCCC3)c3c(c(-c4ccc5c(c4)OCO5)c2cc1OC)C(=O)OC3.CS(=O)(=O)OC1CCCCC1. The molecule has 6 aliphatic rings. The Morgan fingerprint density at radius 3 is 1.41 bits per heavy atom. The minimum Gasteiger partial charge on any atom is -0.507 e. The molecule has 1 N–H and O–H groups in total. The number of methoxy groups -OCH3 is 4. The highest BCUT2D eigenvalue weighted by Crippen LogP contribution is 2.51. The summed E-state index contributed by atoms with van der Waals surface area (Å²) in [5, 5.41) is 13.7. The van der Waals surface area contributed by atoms with Gasteiger partial charge in [0.2, 0.25) is 13.6 Å². The summed E-state index contributed by atoms with van der Waals surface area (Å²) in [6, 6.07) is 18.5. The second kappa shape index (κ2) is 20.7. The number of aromatic hydroxyl groups is 1. The lowest BCUT2D eigenvalue weighted by atomic mass is 9.89. The van der Waals surface area contributed by atoms with Crippen LogP contribution in [0.25, 0.3) is 43.8 Å². The Morgan fingerprint density at radius 2 is 0.918 bits per heavy atom. The van der Waals surface area contributed by atoms with Gasteiger partial charge in [0.15, 0.2) is 46.0 Å². The third-order valence-electron chi connectivity index (χ3n) is 13.9. The van der Waals surface area contributed by atoms with Crippen LogP contribution in [0.3, 0.4) is 0 Å². The Balaban J connectivity index is 0.000000141. The molecule has 6 aromatic carbocycles. The van der Waals surface area contributed by atoms with Crippen molar-refractivity contribution in [2.75, 3.05) is 48.3 Å². The molecule has 2 aliphatic carbocycles. The summed E-state index contributed by atoms with van der Waals surface area (Å²) in [6.07, 6.45) is 11.9. The van der Waals surface area contributed by atoms with E-state index in [1.54, 1.807) is 32.4 Å². The first kappa shape index (κ1) is 49.3. The maximum absolute atomic E-state index is 13.1. The maximum atomic E-state index is 13.1. The number of esters is 2. The van der Waals surface area contributed by atoms with Gasteiger partial charge in [-0.25, -0.2) is 9.59 Å². The van der Waals surface area contributed by atoms with Gasteiger partial charge in [0.25, 0.3) is 10.1 Å². The fourth-order valence-corrected chi connectivity index (χ4v) is 11.1.